The minimum atomic E-state index is -0.0930. The van der Waals surface area contributed by atoms with Crippen LogP contribution in [-0.2, 0) is 9.53 Å². The lowest BCUT2D eigenvalue weighted by molar-refractivity contribution is -0.141. The topological polar surface area (TPSA) is 38.3 Å². The Morgan fingerprint density at radius 1 is 1.38 bits per heavy atom. The van der Waals surface area contributed by atoms with E-state index in [4.69, 9.17) is 4.74 Å². The summed E-state index contributed by atoms with van der Waals surface area (Å²) in [5, 5.41) is 3.43. The van der Waals surface area contributed by atoms with Crippen LogP contribution in [0.2, 0.25) is 0 Å². The van der Waals surface area contributed by atoms with Gasteiger partial charge in [0.2, 0.25) is 0 Å². The Hall–Kier alpha value is -0.570. The molecular weight excluding hydrogens is 202 g/mol. The molecule has 94 valence electrons. The van der Waals surface area contributed by atoms with E-state index >= 15 is 0 Å². The fraction of sp³-hybridized carbons (Fsp3) is 0.923. The minimum absolute atomic E-state index is 0.0930. The van der Waals surface area contributed by atoms with Gasteiger partial charge in [-0.1, -0.05) is 26.7 Å². The van der Waals surface area contributed by atoms with Crippen LogP contribution in [0.5, 0.6) is 0 Å². The molecule has 0 bridgehead atoms. The molecule has 0 aromatic carbocycles. The highest BCUT2D eigenvalue weighted by atomic mass is 16.5. The van der Waals surface area contributed by atoms with Crippen molar-refractivity contribution in [3.63, 3.8) is 0 Å². The fourth-order valence-corrected chi connectivity index (χ4v) is 2.62. The van der Waals surface area contributed by atoms with Gasteiger partial charge in [-0.05, 0) is 31.2 Å². The number of esters is 1. The Labute approximate surface area is 98.9 Å². The largest absolute Gasteiger partial charge is 0.469 e. The van der Waals surface area contributed by atoms with Gasteiger partial charge < -0.3 is 10.1 Å². The van der Waals surface area contributed by atoms with Gasteiger partial charge in [0.1, 0.15) is 0 Å². The van der Waals surface area contributed by atoms with Gasteiger partial charge in [0, 0.05) is 6.04 Å². The lowest BCUT2D eigenvalue weighted by Crippen LogP contribution is -2.39. The number of carbonyl (C=O) groups is 1. The highest BCUT2D eigenvalue weighted by molar-refractivity contribution is 5.69. The third-order valence-corrected chi connectivity index (χ3v) is 3.71. The molecule has 1 aliphatic rings. The van der Waals surface area contributed by atoms with Crippen LogP contribution in [-0.4, -0.2) is 25.7 Å². The second-order valence-corrected chi connectivity index (χ2v) is 4.96. The van der Waals surface area contributed by atoms with E-state index < -0.39 is 0 Å². The third-order valence-electron chi connectivity index (χ3n) is 3.71. The van der Waals surface area contributed by atoms with Crippen molar-refractivity contribution in [2.45, 2.75) is 52.0 Å². The van der Waals surface area contributed by atoms with E-state index in [1.807, 2.05) is 0 Å². The van der Waals surface area contributed by atoms with Crippen molar-refractivity contribution in [3.8, 4) is 0 Å². The van der Waals surface area contributed by atoms with Crippen LogP contribution in [0.4, 0.5) is 0 Å². The van der Waals surface area contributed by atoms with Crippen LogP contribution < -0.4 is 5.32 Å². The van der Waals surface area contributed by atoms with E-state index in [1.54, 1.807) is 0 Å². The predicted molar refractivity (Wildman–Crippen MR) is 65.2 cm³/mol. The molecule has 3 nitrogen and oxygen atoms in total. The van der Waals surface area contributed by atoms with Crippen LogP contribution in [0, 0.1) is 11.8 Å². The van der Waals surface area contributed by atoms with Crippen LogP contribution in [0.3, 0.4) is 0 Å². The maximum Gasteiger partial charge on any atom is 0.307 e. The summed E-state index contributed by atoms with van der Waals surface area (Å²) in [7, 11) is 1.47. The summed E-state index contributed by atoms with van der Waals surface area (Å²) in [6.45, 7) is 5.34. The Bertz CT molecular complexity index is 210. The van der Waals surface area contributed by atoms with Gasteiger partial charge in [-0.25, -0.2) is 0 Å². The molecule has 0 aliphatic heterocycles. The smallest absolute Gasteiger partial charge is 0.307 e. The van der Waals surface area contributed by atoms with Crippen molar-refractivity contribution in [3.05, 3.63) is 0 Å². The highest BCUT2D eigenvalue weighted by Gasteiger charge is 2.27. The highest BCUT2D eigenvalue weighted by Crippen LogP contribution is 2.31. The average Bonchev–Trinajstić information content (AvgIpc) is 2.29. The zero-order valence-electron chi connectivity index (χ0n) is 10.8. The molecule has 1 fully saturated rings. The summed E-state index contributed by atoms with van der Waals surface area (Å²) in [4.78, 5) is 11.3. The van der Waals surface area contributed by atoms with Crippen molar-refractivity contribution >= 4 is 5.97 Å². The molecule has 0 saturated heterocycles. The van der Waals surface area contributed by atoms with Crippen molar-refractivity contribution < 1.29 is 9.53 Å². The van der Waals surface area contributed by atoms with E-state index in [9.17, 15) is 4.79 Å². The number of ether oxygens (including phenoxy) is 1. The summed E-state index contributed by atoms with van der Waals surface area (Å²) >= 11 is 0. The van der Waals surface area contributed by atoms with E-state index in [2.05, 4.69) is 19.2 Å². The second kappa shape index (κ2) is 6.89. The predicted octanol–water partition coefficient (Wildman–Crippen LogP) is 2.35. The maximum atomic E-state index is 11.3. The SMILES string of the molecule is CCNC(CC(=O)OC)C1CCC(C)CC1. The van der Waals surface area contributed by atoms with Crippen LogP contribution in [0.25, 0.3) is 0 Å². The fourth-order valence-electron chi connectivity index (χ4n) is 2.62. The molecule has 0 radical (unpaired) electrons. The standard InChI is InChI=1S/C13H25NO2/c1-4-14-12(9-13(15)16-3)11-7-5-10(2)6-8-11/h10-12,14H,4-9H2,1-3H3. The van der Waals surface area contributed by atoms with Gasteiger partial charge in [-0.15, -0.1) is 0 Å². The molecule has 1 aliphatic carbocycles. The second-order valence-electron chi connectivity index (χ2n) is 4.96. The number of hydrogen-bond donors (Lipinski definition) is 1. The molecule has 0 spiro atoms. The Morgan fingerprint density at radius 2 is 2.00 bits per heavy atom. The quantitative estimate of drug-likeness (QED) is 0.733. The van der Waals surface area contributed by atoms with Gasteiger partial charge in [0.05, 0.1) is 13.5 Å². The van der Waals surface area contributed by atoms with Gasteiger partial charge in [0.15, 0.2) is 0 Å². The van der Waals surface area contributed by atoms with Gasteiger partial charge in [-0.2, -0.15) is 0 Å². The molecule has 1 saturated carbocycles. The number of methoxy groups -OCH3 is 1. The van der Waals surface area contributed by atoms with Crippen LogP contribution >= 0.6 is 0 Å². The van der Waals surface area contributed by atoms with E-state index in [-0.39, 0.29) is 5.97 Å². The number of hydrogen-bond acceptors (Lipinski definition) is 3. The van der Waals surface area contributed by atoms with Crippen molar-refractivity contribution in [1.29, 1.82) is 0 Å². The first-order valence-electron chi connectivity index (χ1n) is 6.47. The first-order chi connectivity index (χ1) is 7.67. The summed E-state index contributed by atoms with van der Waals surface area (Å²) in [5.74, 6) is 1.41. The first-order valence-corrected chi connectivity index (χ1v) is 6.47. The molecule has 16 heavy (non-hydrogen) atoms. The minimum Gasteiger partial charge on any atom is -0.469 e. The summed E-state index contributed by atoms with van der Waals surface area (Å²) in [5.41, 5.74) is 0. The number of rotatable bonds is 5. The Morgan fingerprint density at radius 3 is 2.50 bits per heavy atom. The zero-order valence-corrected chi connectivity index (χ0v) is 10.8. The zero-order chi connectivity index (χ0) is 12.0. The maximum absolute atomic E-state index is 11.3. The van der Waals surface area contributed by atoms with E-state index in [0.717, 1.165) is 12.5 Å². The van der Waals surface area contributed by atoms with Gasteiger partial charge in [-0.3, -0.25) is 4.79 Å². The van der Waals surface area contributed by atoms with Crippen molar-refractivity contribution in [1.82, 2.24) is 5.32 Å². The molecule has 1 N–H and O–H groups in total. The summed E-state index contributed by atoms with van der Waals surface area (Å²) in [6.07, 6.45) is 5.61. The molecule has 0 heterocycles. The number of carbonyl (C=O) groups excluding carboxylic acids is 1. The molecule has 0 amide bonds. The molecule has 1 rings (SSSR count). The summed E-state index contributed by atoms with van der Waals surface area (Å²) < 4.78 is 4.76. The van der Waals surface area contributed by atoms with Crippen LogP contribution in [0.15, 0.2) is 0 Å². The Kier molecular flexibility index (Phi) is 5.81. The average molecular weight is 227 g/mol. The number of nitrogens with one attached hydrogen (secondary N) is 1. The molecular formula is C13H25NO2. The van der Waals surface area contributed by atoms with Gasteiger partial charge >= 0.3 is 5.97 Å². The van der Waals surface area contributed by atoms with E-state index in [0.29, 0.717) is 18.4 Å². The summed E-state index contributed by atoms with van der Waals surface area (Å²) in [6, 6.07) is 0.310. The monoisotopic (exact) mass is 227 g/mol. The molecule has 3 heteroatoms. The third kappa shape index (κ3) is 4.12. The first kappa shape index (κ1) is 13.5. The normalized spacial score (nSPS) is 27.4. The Balaban J connectivity index is 2.45. The molecule has 0 aromatic heterocycles. The van der Waals surface area contributed by atoms with E-state index in [1.165, 1.54) is 32.8 Å². The molecule has 1 atom stereocenters. The van der Waals surface area contributed by atoms with Crippen molar-refractivity contribution in [2.75, 3.05) is 13.7 Å². The van der Waals surface area contributed by atoms with Crippen molar-refractivity contribution in [2.24, 2.45) is 11.8 Å². The molecule has 1 unspecified atom stereocenters. The lowest BCUT2D eigenvalue weighted by atomic mass is 9.78. The van der Waals surface area contributed by atoms with Crippen LogP contribution in [0.1, 0.15) is 46.0 Å². The molecule has 0 aromatic rings. The lowest BCUT2D eigenvalue weighted by Gasteiger charge is -2.32. The van der Waals surface area contributed by atoms with Gasteiger partial charge in [0.25, 0.3) is 0 Å².